The molecule has 0 aliphatic carbocycles. The van der Waals surface area contributed by atoms with E-state index in [9.17, 15) is 8.42 Å². The van der Waals surface area contributed by atoms with Crippen LogP contribution in [0.15, 0.2) is 33.9 Å². The maximum atomic E-state index is 11.1. The molecule has 68 valence electrons. The van der Waals surface area contributed by atoms with Gasteiger partial charge in [-0.05, 0) is 18.2 Å². The van der Waals surface area contributed by atoms with Crippen LogP contribution in [0.25, 0.3) is 11.1 Å². The van der Waals surface area contributed by atoms with Crippen LogP contribution in [-0.4, -0.2) is 19.7 Å². The molecular formula is C8H7NO3S. The van der Waals surface area contributed by atoms with Gasteiger partial charge in [-0.3, -0.25) is 0 Å². The zero-order chi connectivity index (χ0) is 9.47. The number of nitrogens with zero attached hydrogens (tertiary/aromatic N) is 1. The first-order valence-electron chi connectivity index (χ1n) is 3.61. The van der Waals surface area contributed by atoms with Crippen LogP contribution in [0.4, 0.5) is 0 Å². The molecule has 1 aromatic heterocycles. The van der Waals surface area contributed by atoms with E-state index in [1.54, 1.807) is 6.07 Å². The summed E-state index contributed by atoms with van der Waals surface area (Å²) in [6.45, 7) is 0. The summed E-state index contributed by atoms with van der Waals surface area (Å²) in [5.41, 5.74) is 1.15. The summed E-state index contributed by atoms with van der Waals surface area (Å²) >= 11 is 0. The van der Waals surface area contributed by atoms with E-state index in [2.05, 4.69) is 4.98 Å². The largest absolute Gasteiger partial charge is 0.443 e. The Morgan fingerprint density at radius 3 is 2.85 bits per heavy atom. The normalized spacial score (nSPS) is 12.1. The molecule has 0 atom stereocenters. The summed E-state index contributed by atoms with van der Waals surface area (Å²) in [4.78, 5) is 4.12. The van der Waals surface area contributed by atoms with Crippen LogP contribution >= 0.6 is 0 Å². The van der Waals surface area contributed by atoms with E-state index in [1.165, 1.54) is 18.5 Å². The van der Waals surface area contributed by atoms with Crippen LogP contribution in [0.1, 0.15) is 0 Å². The molecule has 0 spiro atoms. The summed E-state index contributed by atoms with van der Waals surface area (Å²) in [6, 6.07) is 4.59. The number of benzene rings is 1. The van der Waals surface area contributed by atoms with Crippen LogP contribution in [0.3, 0.4) is 0 Å². The Labute approximate surface area is 75.1 Å². The number of aromatic nitrogens is 1. The molecule has 2 aromatic rings. The number of fused-ring (bicyclic) bond motifs is 1. The molecular weight excluding hydrogens is 190 g/mol. The van der Waals surface area contributed by atoms with Crippen molar-refractivity contribution in [3.05, 3.63) is 24.6 Å². The Hall–Kier alpha value is -1.36. The summed E-state index contributed by atoms with van der Waals surface area (Å²) in [5.74, 6) is 0. The quantitative estimate of drug-likeness (QED) is 0.689. The minimum absolute atomic E-state index is 0.258. The van der Waals surface area contributed by atoms with Gasteiger partial charge in [-0.2, -0.15) is 0 Å². The van der Waals surface area contributed by atoms with Gasteiger partial charge in [0.25, 0.3) is 0 Å². The first-order chi connectivity index (χ1) is 6.07. The first kappa shape index (κ1) is 8.25. The van der Waals surface area contributed by atoms with Crippen molar-refractivity contribution < 1.29 is 12.8 Å². The van der Waals surface area contributed by atoms with Crippen molar-refractivity contribution in [3.63, 3.8) is 0 Å². The minimum Gasteiger partial charge on any atom is -0.443 e. The molecule has 5 heteroatoms. The van der Waals surface area contributed by atoms with Gasteiger partial charge in [0.05, 0.1) is 4.90 Å². The lowest BCUT2D eigenvalue weighted by atomic mass is 10.3. The van der Waals surface area contributed by atoms with Crippen LogP contribution in [0.5, 0.6) is 0 Å². The molecule has 0 radical (unpaired) electrons. The highest BCUT2D eigenvalue weighted by Crippen LogP contribution is 2.17. The number of rotatable bonds is 1. The van der Waals surface area contributed by atoms with Crippen LogP contribution < -0.4 is 0 Å². The standard InChI is InChI=1S/C8H7NO3S/c1-13(10,11)6-2-3-8-7(4-6)9-5-12-8/h2-5H,1H3. The van der Waals surface area contributed by atoms with Crippen LogP contribution in [0.2, 0.25) is 0 Å². The third kappa shape index (κ3) is 1.42. The second kappa shape index (κ2) is 2.56. The molecule has 0 unspecified atom stereocenters. The van der Waals surface area contributed by atoms with Crippen molar-refractivity contribution in [1.82, 2.24) is 4.98 Å². The molecule has 1 aromatic carbocycles. The van der Waals surface area contributed by atoms with E-state index in [1.807, 2.05) is 0 Å². The van der Waals surface area contributed by atoms with E-state index in [-0.39, 0.29) is 4.90 Å². The van der Waals surface area contributed by atoms with Crippen LogP contribution in [0, 0.1) is 0 Å². The van der Waals surface area contributed by atoms with Gasteiger partial charge in [0, 0.05) is 6.26 Å². The number of oxazole rings is 1. The van der Waals surface area contributed by atoms with Gasteiger partial charge >= 0.3 is 0 Å². The molecule has 0 N–H and O–H groups in total. The SMILES string of the molecule is CS(=O)(=O)c1ccc2ocnc2c1. The Kier molecular flexibility index (Phi) is 1.63. The van der Waals surface area contributed by atoms with Crippen molar-refractivity contribution in [2.45, 2.75) is 4.90 Å². The van der Waals surface area contributed by atoms with Gasteiger partial charge in [0.2, 0.25) is 0 Å². The van der Waals surface area contributed by atoms with Crippen LogP contribution in [-0.2, 0) is 9.84 Å². The highest BCUT2D eigenvalue weighted by molar-refractivity contribution is 7.90. The second-order valence-electron chi connectivity index (χ2n) is 2.75. The fraction of sp³-hybridized carbons (Fsp3) is 0.125. The summed E-state index contributed by atoms with van der Waals surface area (Å²) < 4.78 is 27.3. The average molecular weight is 197 g/mol. The molecule has 0 saturated carbocycles. The molecule has 2 rings (SSSR count). The molecule has 0 saturated heterocycles. The van der Waals surface area contributed by atoms with Crippen molar-refractivity contribution in [1.29, 1.82) is 0 Å². The Bertz CT molecular complexity index is 541. The van der Waals surface area contributed by atoms with Gasteiger partial charge in [-0.15, -0.1) is 0 Å². The minimum atomic E-state index is -3.15. The third-order valence-corrected chi connectivity index (χ3v) is 2.84. The molecule has 0 bridgehead atoms. The average Bonchev–Trinajstić information content (AvgIpc) is 2.47. The number of hydrogen-bond donors (Lipinski definition) is 0. The van der Waals surface area contributed by atoms with Crippen molar-refractivity contribution >= 4 is 20.9 Å². The Morgan fingerprint density at radius 2 is 2.15 bits per heavy atom. The predicted octanol–water partition coefficient (Wildman–Crippen LogP) is 1.23. The fourth-order valence-corrected chi connectivity index (χ4v) is 1.71. The Balaban J connectivity index is 2.75. The molecule has 4 nitrogen and oxygen atoms in total. The maximum Gasteiger partial charge on any atom is 0.181 e. The fourth-order valence-electron chi connectivity index (χ4n) is 1.07. The van der Waals surface area contributed by atoms with E-state index >= 15 is 0 Å². The highest BCUT2D eigenvalue weighted by atomic mass is 32.2. The molecule has 13 heavy (non-hydrogen) atoms. The predicted molar refractivity (Wildman–Crippen MR) is 47.1 cm³/mol. The summed E-state index contributed by atoms with van der Waals surface area (Å²) in [5, 5.41) is 0. The lowest BCUT2D eigenvalue weighted by molar-refractivity contribution is 0.600. The second-order valence-corrected chi connectivity index (χ2v) is 4.77. The lowest BCUT2D eigenvalue weighted by Crippen LogP contribution is -1.95. The molecule has 1 heterocycles. The molecule has 0 aliphatic rings. The van der Waals surface area contributed by atoms with E-state index < -0.39 is 9.84 Å². The third-order valence-electron chi connectivity index (χ3n) is 1.73. The lowest BCUT2D eigenvalue weighted by Gasteiger charge is -1.95. The maximum absolute atomic E-state index is 11.1. The topological polar surface area (TPSA) is 60.2 Å². The first-order valence-corrected chi connectivity index (χ1v) is 5.50. The molecule has 0 aliphatic heterocycles. The molecule has 0 fully saturated rings. The highest BCUT2D eigenvalue weighted by Gasteiger charge is 2.08. The van der Waals surface area contributed by atoms with E-state index in [0.29, 0.717) is 11.1 Å². The van der Waals surface area contributed by atoms with Gasteiger partial charge in [-0.25, -0.2) is 13.4 Å². The van der Waals surface area contributed by atoms with Gasteiger partial charge in [-0.1, -0.05) is 0 Å². The molecule has 0 amide bonds. The van der Waals surface area contributed by atoms with E-state index in [0.717, 1.165) is 6.26 Å². The number of hydrogen-bond acceptors (Lipinski definition) is 4. The zero-order valence-corrected chi connectivity index (χ0v) is 7.71. The van der Waals surface area contributed by atoms with Crippen molar-refractivity contribution in [3.8, 4) is 0 Å². The van der Waals surface area contributed by atoms with Gasteiger partial charge in [0.15, 0.2) is 21.8 Å². The van der Waals surface area contributed by atoms with Gasteiger partial charge < -0.3 is 4.42 Å². The Morgan fingerprint density at radius 1 is 1.38 bits per heavy atom. The monoisotopic (exact) mass is 197 g/mol. The van der Waals surface area contributed by atoms with Crippen molar-refractivity contribution in [2.24, 2.45) is 0 Å². The summed E-state index contributed by atoms with van der Waals surface area (Å²) in [6.07, 6.45) is 2.45. The van der Waals surface area contributed by atoms with Gasteiger partial charge in [0.1, 0.15) is 5.52 Å². The zero-order valence-electron chi connectivity index (χ0n) is 6.89. The smallest absolute Gasteiger partial charge is 0.181 e. The number of sulfone groups is 1. The van der Waals surface area contributed by atoms with E-state index in [4.69, 9.17) is 4.42 Å². The van der Waals surface area contributed by atoms with Crippen molar-refractivity contribution in [2.75, 3.05) is 6.26 Å². The summed E-state index contributed by atoms with van der Waals surface area (Å²) in [7, 11) is -3.15.